The fourth-order valence-corrected chi connectivity index (χ4v) is 3.21. The van der Waals surface area contributed by atoms with Crippen LogP contribution in [0.25, 0.3) is 11.1 Å². The van der Waals surface area contributed by atoms with Crippen molar-refractivity contribution >= 4 is 11.9 Å². The van der Waals surface area contributed by atoms with Crippen LogP contribution >= 0.6 is 0 Å². The molecule has 0 aromatic heterocycles. The summed E-state index contributed by atoms with van der Waals surface area (Å²) in [6.45, 7) is 2.54. The Morgan fingerprint density at radius 1 is 1.04 bits per heavy atom. The SMILES string of the molecule is C[C@H]1CCCCN1C(=O)COC(=O)c1ccc(-c2ccc(O)cc2)cc1. The summed E-state index contributed by atoms with van der Waals surface area (Å²) < 4.78 is 5.19. The van der Waals surface area contributed by atoms with Crippen LogP contribution in [0.3, 0.4) is 0 Å². The first-order valence-corrected chi connectivity index (χ1v) is 8.90. The molecule has 136 valence electrons. The van der Waals surface area contributed by atoms with E-state index < -0.39 is 5.97 Å². The maximum Gasteiger partial charge on any atom is 0.338 e. The molecule has 1 amide bonds. The van der Waals surface area contributed by atoms with Gasteiger partial charge in [0.15, 0.2) is 6.61 Å². The van der Waals surface area contributed by atoms with Crippen LogP contribution in [0.2, 0.25) is 0 Å². The molecular weight excluding hydrogens is 330 g/mol. The van der Waals surface area contributed by atoms with Crippen LogP contribution in [-0.4, -0.2) is 41.1 Å². The van der Waals surface area contributed by atoms with Gasteiger partial charge in [-0.15, -0.1) is 0 Å². The van der Waals surface area contributed by atoms with Crippen molar-refractivity contribution in [2.75, 3.05) is 13.2 Å². The molecular formula is C21H23NO4. The standard InChI is InChI=1S/C21H23NO4/c1-15-4-2-3-13-22(15)20(24)14-26-21(25)18-7-5-16(6-8-18)17-9-11-19(23)12-10-17/h5-12,15,23H,2-4,13-14H2,1H3/t15-/m0/s1. The average Bonchev–Trinajstić information content (AvgIpc) is 2.67. The van der Waals surface area contributed by atoms with Crippen molar-refractivity contribution in [1.29, 1.82) is 0 Å². The Morgan fingerprint density at radius 3 is 2.27 bits per heavy atom. The van der Waals surface area contributed by atoms with Gasteiger partial charge in [0, 0.05) is 12.6 Å². The van der Waals surface area contributed by atoms with E-state index in [1.54, 1.807) is 41.3 Å². The first-order valence-electron chi connectivity index (χ1n) is 8.90. The van der Waals surface area contributed by atoms with Crippen LogP contribution in [-0.2, 0) is 9.53 Å². The molecule has 26 heavy (non-hydrogen) atoms. The Hall–Kier alpha value is -2.82. The third-order valence-corrected chi connectivity index (χ3v) is 4.77. The number of phenolic OH excluding ortho intramolecular Hbond substituents is 1. The summed E-state index contributed by atoms with van der Waals surface area (Å²) in [5, 5.41) is 9.34. The van der Waals surface area contributed by atoms with Crippen LogP contribution in [0.1, 0.15) is 36.5 Å². The van der Waals surface area contributed by atoms with Crippen molar-refractivity contribution in [1.82, 2.24) is 4.90 Å². The van der Waals surface area contributed by atoms with Crippen LogP contribution in [0.5, 0.6) is 5.75 Å². The number of nitrogens with zero attached hydrogens (tertiary/aromatic N) is 1. The third kappa shape index (κ3) is 4.23. The van der Waals surface area contributed by atoms with Gasteiger partial charge in [0.1, 0.15) is 5.75 Å². The van der Waals surface area contributed by atoms with Crippen molar-refractivity contribution in [3.63, 3.8) is 0 Å². The minimum Gasteiger partial charge on any atom is -0.508 e. The smallest absolute Gasteiger partial charge is 0.338 e. The predicted octanol–water partition coefficient (Wildman–Crippen LogP) is 3.62. The molecule has 0 aliphatic carbocycles. The van der Waals surface area contributed by atoms with Crippen molar-refractivity contribution in [2.24, 2.45) is 0 Å². The van der Waals surface area contributed by atoms with E-state index >= 15 is 0 Å². The Labute approximate surface area is 153 Å². The number of carbonyl (C=O) groups is 2. The second-order valence-corrected chi connectivity index (χ2v) is 6.63. The lowest BCUT2D eigenvalue weighted by Gasteiger charge is -2.33. The maximum atomic E-state index is 12.2. The monoisotopic (exact) mass is 353 g/mol. The third-order valence-electron chi connectivity index (χ3n) is 4.77. The van der Waals surface area contributed by atoms with E-state index in [4.69, 9.17) is 4.74 Å². The molecule has 2 aromatic rings. The minimum atomic E-state index is -0.500. The molecule has 1 heterocycles. The Kier molecular flexibility index (Phi) is 5.56. The summed E-state index contributed by atoms with van der Waals surface area (Å²) in [5.41, 5.74) is 2.28. The molecule has 5 nitrogen and oxygen atoms in total. The largest absolute Gasteiger partial charge is 0.508 e. The average molecular weight is 353 g/mol. The number of benzene rings is 2. The fraction of sp³-hybridized carbons (Fsp3) is 0.333. The molecule has 3 rings (SSSR count). The molecule has 0 radical (unpaired) electrons. The van der Waals surface area contributed by atoms with Gasteiger partial charge >= 0.3 is 5.97 Å². The topological polar surface area (TPSA) is 66.8 Å². The number of carbonyl (C=O) groups excluding carboxylic acids is 2. The number of phenols is 1. The molecule has 1 aliphatic rings. The van der Waals surface area contributed by atoms with Gasteiger partial charge in [0.25, 0.3) is 5.91 Å². The zero-order valence-corrected chi connectivity index (χ0v) is 14.9. The minimum absolute atomic E-state index is 0.133. The molecule has 1 fully saturated rings. The van der Waals surface area contributed by atoms with Crippen LogP contribution in [0.15, 0.2) is 48.5 Å². The number of likely N-dealkylation sites (tertiary alicyclic amines) is 1. The van der Waals surface area contributed by atoms with E-state index in [2.05, 4.69) is 0 Å². The lowest BCUT2D eigenvalue weighted by Crippen LogP contribution is -2.44. The van der Waals surface area contributed by atoms with Gasteiger partial charge in [-0.25, -0.2) is 4.79 Å². The van der Waals surface area contributed by atoms with Gasteiger partial charge in [0.2, 0.25) is 0 Å². The predicted molar refractivity (Wildman–Crippen MR) is 98.9 cm³/mol. The number of hydrogen-bond donors (Lipinski definition) is 1. The van der Waals surface area contributed by atoms with Crippen LogP contribution in [0, 0.1) is 0 Å². The molecule has 1 N–H and O–H groups in total. The molecule has 1 aliphatic heterocycles. The first kappa shape index (κ1) is 18.0. The molecule has 0 saturated carbocycles. The molecule has 1 saturated heterocycles. The van der Waals surface area contributed by atoms with Crippen molar-refractivity contribution in [3.05, 3.63) is 54.1 Å². The molecule has 0 unspecified atom stereocenters. The molecule has 1 atom stereocenters. The number of aromatic hydroxyl groups is 1. The van der Waals surface area contributed by atoms with E-state index in [9.17, 15) is 14.7 Å². The first-order chi connectivity index (χ1) is 12.5. The highest BCUT2D eigenvalue weighted by atomic mass is 16.5. The van der Waals surface area contributed by atoms with Crippen molar-refractivity contribution < 1.29 is 19.4 Å². The maximum absolute atomic E-state index is 12.2. The summed E-state index contributed by atoms with van der Waals surface area (Å²) >= 11 is 0. The molecule has 2 aromatic carbocycles. The van der Waals surface area contributed by atoms with Crippen molar-refractivity contribution in [3.8, 4) is 16.9 Å². The number of hydrogen-bond acceptors (Lipinski definition) is 4. The van der Waals surface area contributed by atoms with Gasteiger partial charge in [-0.05, 0) is 61.6 Å². The highest BCUT2D eigenvalue weighted by Gasteiger charge is 2.24. The van der Waals surface area contributed by atoms with Gasteiger partial charge in [-0.3, -0.25) is 4.79 Å². The fourth-order valence-electron chi connectivity index (χ4n) is 3.21. The quantitative estimate of drug-likeness (QED) is 0.853. The Balaban J connectivity index is 1.58. The zero-order chi connectivity index (χ0) is 18.5. The van der Waals surface area contributed by atoms with Crippen molar-refractivity contribution in [2.45, 2.75) is 32.2 Å². The number of esters is 1. The summed E-state index contributed by atoms with van der Waals surface area (Å²) in [4.78, 5) is 26.2. The van der Waals surface area contributed by atoms with E-state index in [0.29, 0.717) is 5.56 Å². The number of piperidine rings is 1. The summed E-state index contributed by atoms with van der Waals surface area (Å²) in [6.07, 6.45) is 3.14. The van der Waals surface area contributed by atoms with E-state index in [0.717, 1.165) is 36.9 Å². The normalized spacial score (nSPS) is 17.0. The molecule has 0 bridgehead atoms. The van der Waals surface area contributed by atoms with E-state index in [1.165, 1.54) is 0 Å². The second-order valence-electron chi connectivity index (χ2n) is 6.63. The van der Waals surface area contributed by atoms with Gasteiger partial charge < -0.3 is 14.7 Å². The lowest BCUT2D eigenvalue weighted by atomic mass is 10.0. The molecule has 0 spiro atoms. The van der Waals surface area contributed by atoms with Gasteiger partial charge in [0.05, 0.1) is 5.56 Å². The summed E-state index contributed by atoms with van der Waals surface area (Å²) in [5.74, 6) is -0.423. The summed E-state index contributed by atoms with van der Waals surface area (Å²) in [6, 6.07) is 14.0. The van der Waals surface area contributed by atoms with E-state index in [1.807, 2.05) is 19.1 Å². The highest BCUT2D eigenvalue weighted by molar-refractivity contribution is 5.92. The Morgan fingerprint density at radius 2 is 1.65 bits per heavy atom. The number of amides is 1. The highest BCUT2D eigenvalue weighted by Crippen LogP contribution is 2.22. The lowest BCUT2D eigenvalue weighted by molar-refractivity contribution is -0.137. The summed E-state index contributed by atoms with van der Waals surface area (Å²) in [7, 11) is 0. The van der Waals surface area contributed by atoms with Gasteiger partial charge in [-0.2, -0.15) is 0 Å². The van der Waals surface area contributed by atoms with Gasteiger partial charge in [-0.1, -0.05) is 24.3 Å². The Bertz CT molecular complexity index is 768. The zero-order valence-electron chi connectivity index (χ0n) is 14.9. The molecule has 5 heteroatoms. The van der Waals surface area contributed by atoms with E-state index in [-0.39, 0.29) is 24.3 Å². The number of rotatable bonds is 4. The van der Waals surface area contributed by atoms with Crippen LogP contribution < -0.4 is 0 Å². The second kappa shape index (κ2) is 8.04. The number of ether oxygens (including phenoxy) is 1. The van der Waals surface area contributed by atoms with Crippen LogP contribution in [0.4, 0.5) is 0 Å².